The molecule has 1 fully saturated rings. The van der Waals surface area contributed by atoms with Gasteiger partial charge in [-0.1, -0.05) is 17.7 Å². The summed E-state index contributed by atoms with van der Waals surface area (Å²) in [6, 6.07) is 12.0. The van der Waals surface area contributed by atoms with Crippen LogP contribution in [0, 0.1) is 6.92 Å². The smallest absolute Gasteiger partial charge is 0.0486 e. The molecule has 0 N–H and O–H groups in total. The quantitative estimate of drug-likeness (QED) is 0.488. The van der Waals surface area contributed by atoms with Crippen LogP contribution in [0.2, 0.25) is 0 Å². The van der Waals surface area contributed by atoms with Crippen molar-refractivity contribution in [3.8, 4) is 0 Å². The molecular weight excluding hydrogens is 463 g/mol. The molecule has 2 aliphatic heterocycles. The maximum absolute atomic E-state index is 4.29. The van der Waals surface area contributed by atoms with Crippen molar-refractivity contribution in [2.75, 3.05) is 26.7 Å². The molecule has 7 heteroatoms. The predicted octanol–water partition coefficient (Wildman–Crippen LogP) is 5.31. The standard InChI is InChI=1S/C25H32N4.3ClH/c1-19-5-6-24-22(16-19)23-18-28(21-8-12-27(2)13-9-21)14-10-25(23)29(24)15-7-20-4-3-11-26-17-20;;;/h3-6,11,16-17,21H,7-10,12-15,18H2,1-2H3;3*1H. The van der Waals surface area contributed by atoms with E-state index < -0.39 is 0 Å². The first-order chi connectivity index (χ1) is 14.2. The third-order valence-corrected chi connectivity index (χ3v) is 6.99. The fourth-order valence-corrected chi connectivity index (χ4v) is 5.30. The third kappa shape index (κ3) is 5.43. The fraction of sp³-hybridized carbons (Fsp3) is 0.480. The van der Waals surface area contributed by atoms with E-state index in [2.05, 4.69) is 57.6 Å². The van der Waals surface area contributed by atoms with Gasteiger partial charge >= 0.3 is 0 Å². The van der Waals surface area contributed by atoms with Gasteiger partial charge in [0.25, 0.3) is 0 Å². The minimum atomic E-state index is 0. The Balaban J connectivity index is 0.00000121. The van der Waals surface area contributed by atoms with E-state index in [1.54, 1.807) is 11.3 Å². The van der Waals surface area contributed by atoms with Gasteiger partial charge < -0.3 is 9.47 Å². The first kappa shape index (κ1) is 26.9. The van der Waals surface area contributed by atoms with E-state index in [4.69, 9.17) is 0 Å². The van der Waals surface area contributed by atoms with E-state index in [0.717, 1.165) is 25.6 Å². The van der Waals surface area contributed by atoms with E-state index in [1.165, 1.54) is 60.9 Å². The third-order valence-electron chi connectivity index (χ3n) is 6.99. The van der Waals surface area contributed by atoms with Gasteiger partial charge in [0.1, 0.15) is 0 Å². The highest BCUT2D eigenvalue weighted by Crippen LogP contribution is 2.33. The van der Waals surface area contributed by atoms with Crippen molar-refractivity contribution in [3.05, 3.63) is 65.1 Å². The van der Waals surface area contributed by atoms with Gasteiger partial charge in [0.05, 0.1) is 0 Å². The molecule has 0 bridgehead atoms. The molecule has 1 saturated heterocycles. The number of fused-ring (bicyclic) bond motifs is 3. The first-order valence-electron chi connectivity index (χ1n) is 11.1. The lowest BCUT2D eigenvalue weighted by atomic mass is 9.97. The number of likely N-dealkylation sites (tertiary alicyclic amines) is 1. The number of hydrogen-bond acceptors (Lipinski definition) is 3. The molecule has 0 radical (unpaired) electrons. The highest BCUT2D eigenvalue weighted by Gasteiger charge is 2.29. The molecule has 176 valence electrons. The molecule has 5 rings (SSSR count). The average molecular weight is 498 g/mol. The number of pyridine rings is 1. The number of nitrogens with zero attached hydrogens (tertiary/aromatic N) is 4. The van der Waals surface area contributed by atoms with Crippen LogP contribution in [0.4, 0.5) is 0 Å². The van der Waals surface area contributed by atoms with Gasteiger partial charge in [-0.2, -0.15) is 0 Å². The van der Waals surface area contributed by atoms with Gasteiger partial charge in [-0.3, -0.25) is 9.88 Å². The number of rotatable bonds is 4. The molecule has 32 heavy (non-hydrogen) atoms. The predicted molar refractivity (Wildman–Crippen MR) is 141 cm³/mol. The summed E-state index contributed by atoms with van der Waals surface area (Å²) in [5.41, 5.74) is 7.24. The molecule has 0 amide bonds. The van der Waals surface area contributed by atoms with Crippen molar-refractivity contribution in [1.82, 2.24) is 19.4 Å². The minimum absolute atomic E-state index is 0. The Morgan fingerprint density at radius 3 is 2.53 bits per heavy atom. The highest BCUT2D eigenvalue weighted by atomic mass is 35.5. The van der Waals surface area contributed by atoms with Crippen LogP contribution < -0.4 is 0 Å². The second kappa shape index (κ2) is 11.7. The Kier molecular flexibility index (Phi) is 9.86. The summed E-state index contributed by atoms with van der Waals surface area (Å²) >= 11 is 0. The van der Waals surface area contributed by atoms with Crippen molar-refractivity contribution in [1.29, 1.82) is 0 Å². The molecule has 2 aromatic heterocycles. The summed E-state index contributed by atoms with van der Waals surface area (Å²) in [4.78, 5) is 9.53. The lowest BCUT2D eigenvalue weighted by Crippen LogP contribution is -2.45. The minimum Gasteiger partial charge on any atom is -0.344 e. The molecule has 4 nitrogen and oxygen atoms in total. The van der Waals surface area contributed by atoms with E-state index in [1.807, 2.05) is 18.5 Å². The second-order valence-corrected chi connectivity index (χ2v) is 8.96. The van der Waals surface area contributed by atoms with Gasteiger partial charge in [-0.25, -0.2) is 0 Å². The van der Waals surface area contributed by atoms with Crippen molar-refractivity contribution < 1.29 is 0 Å². The Morgan fingerprint density at radius 1 is 1.03 bits per heavy atom. The van der Waals surface area contributed by atoms with Crippen LogP contribution in [0.5, 0.6) is 0 Å². The zero-order valence-electron chi connectivity index (χ0n) is 19.0. The van der Waals surface area contributed by atoms with E-state index in [-0.39, 0.29) is 37.2 Å². The van der Waals surface area contributed by atoms with Gasteiger partial charge in [0.15, 0.2) is 0 Å². The molecule has 3 aromatic rings. The maximum atomic E-state index is 4.29. The maximum Gasteiger partial charge on any atom is 0.0486 e. The monoisotopic (exact) mass is 496 g/mol. The summed E-state index contributed by atoms with van der Waals surface area (Å²) in [7, 11) is 2.25. The van der Waals surface area contributed by atoms with Gasteiger partial charge in [0.2, 0.25) is 0 Å². The van der Waals surface area contributed by atoms with Crippen LogP contribution in [0.25, 0.3) is 10.9 Å². The number of hydrogen-bond donors (Lipinski definition) is 0. The van der Waals surface area contributed by atoms with Crippen molar-refractivity contribution >= 4 is 48.1 Å². The highest BCUT2D eigenvalue weighted by molar-refractivity contribution is 5.86. The lowest BCUT2D eigenvalue weighted by molar-refractivity contribution is 0.109. The van der Waals surface area contributed by atoms with Crippen molar-refractivity contribution in [3.63, 3.8) is 0 Å². The zero-order chi connectivity index (χ0) is 19.8. The summed E-state index contributed by atoms with van der Waals surface area (Å²) in [5, 5.41) is 1.48. The Labute approximate surface area is 210 Å². The number of aryl methyl sites for hydroxylation is 3. The summed E-state index contributed by atoms with van der Waals surface area (Å²) in [5.74, 6) is 0. The number of benzene rings is 1. The molecule has 0 unspecified atom stereocenters. The number of halogens is 3. The molecule has 0 aliphatic carbocycles. The normalized spacial score (nSPS) is 17.2. The molecule has 0 atom stereocenters. The Morgan fingerprint density at radius 2 is 1.81 bits per heavy atom. The summed E-state index contributed by atoms with van der Waals surface area (Å²) in [6.07, 6.45) is 8.69. The van der Waals surface area contributed by atoms with Crippen LogP contribution in [0.3, 0.4) is 0 Å². The number of piperidine rings is 1. The van der Waals surface area contributed by atoms with Gasteiger partial charge in [-0.15, -0.1) is 37.2 Å². The van der Waals surface area contributed by atoms with Crippen molar-refractivity contribution in [2.24, 2.45) is 0 Å². The second-order valence-electron chi connectivity index (χ2n) is 8.96. The average Bonchev–Trinajstić information content (AvgIpc) is 3.06. The summed E-state index contributed by atoms with van der Waals surface area (Å²) in [6.45, 7) is 8.04. The lowest BCUT2D eigenvalue weighted by Gasteiger charge is -2.39. The van der Waals surface area contributed by atoms with Crippen LogP contribution in [0.1, 0.15) is 35.2 Å². The first-order valence-corrected chi connectivity index (χ1v) is 11.1. The largest absolute Gasteiger partial charge is 0.344 e. The molecule has 4 heterocycles. The van der Waals surface area contributed by atoms with Gasteiger partial charge in [0, 0.05) is 61.1 Å². The molecular formula is C25H35Cl3N4. The zero-order valence-corrected chi connectivity index (χ0v) is 21.4. The molecule has 0 saturated carbocycles. The van der Waals surface area contributed by atoms with Crippen LogP contribution in [-0.2, 0) is 25.9 Å². The van der Waals surface area contributed by atoms with Crippen LogP contribution >= 0.6 is 37.2 Å². The Hall–Kier alpha value is -1.30. The van der Waals surface area contributed by atoms with E-state index in [0.29, 0.717) is 0 Å². The van der Waals surface area contributed by atoms with Gasteiger partial charge in [-0.05, 0) is 75.6 Å². The van der Waals surface area contributed by atoms with Crippen LogP contribution in [-0.4, -0.2) is 52.1 Å². The molecule has 2 aliphatic rings. The number of aromatic nitrogens is 2. The van der Waals surface area contributed by atoms with Crippen molar-refractivity contribution in [2.45, 2.75) is 51.7 Å². The summed E-state index contributed by atoms with van der Waals surface area (Å²) < 4.78 is 2.60. The van der Waals surface area contributed by atoms with E-state index >= 15 is 0 Å². The molecule has 1 aromatic carbocycles. The Bertz CT molecular complexity index is 997. The van der Waals surface area contributed by atoms with E-state index in [9.17, 15) is 0 Å². The SMILES string of the molecule is Cc1ccc2c(c1)c1c(n2CCc2cccnc2)CCN(C2CCN(C)CC2)C1.Cl.Cl.Cl. The fourth-order valence-electron chi connectivity index (χ4n) is 5.30. The van der Waals surface area contributed by atoms with Crippen LogP contribution in [0.15, 0.2) is 42.7 Å². The molecule has 0 spiro atoms. The topological polar surface area (TPSA) is 24.3 Å².